The molecule has 1 unspecified atom stereocenters. The number of alkyl halides is 2. The van der Waals surface area contributed by atoms with E-state index < -0.39 is 0 Å². The number of ketones is 1. The highest BCUT2D eigenvalue weighted by molar-refractivity contribution is 9.10. The second kappa shape index (κ2) is 4.77. The Bertz CT molecular complexity index is 310. The van der Waals surface area contributed by atoms with Crippen molar-refractivity contribution < 1.29 is 4.79 Å². The molecule has 0 saturated heterocycles. The predicted molar refractivity (Wildman–Crippen MR) is 58.7 cm³/mol. The molecule has 0 bridgehead atoms. The van der Waals surface area contributed by atoms with E-state index in [1.807, 2.05) is 25.1 Å². The summed E-state index contributed by atoms with van der Waals surface area (Å²) in [4.78, 5) is 11.5. The van der Waals surface area contributed by atoms with Gasteiger partial charge in [-0.25, -0.2) is 0 Å². The average Bonchev–Trinajstić information content (AvgIpc) is 2.16. The highest BCUT2D eigenvalue weighted by atomic mass is 79.9. The average molecular weight is 262 g/mol. The molecule has 70 valence electrons. The van der Waals surface area contributed by atoms with Crippen molar-refractivity contribution >= 4 is 33.3 Å². The molecule has 0 amide bonds. The van der Waals surface area contributed by atoms with Gasteiger partial charge < -0.3 is 0 Å². The number of rotatable bonds is 3. The molecule has 1 aromatic rings. The molecule has 0 aliphatic heterocycles. The van der Waals surface area contributed by atoms with Crippen LogP contribution in [0, 0.1) is 0 Å². The number of hydrogen-bond acceptors (Lipinski definition) is 1. The second-order valence-electron chi connectivity index (χ2n) is 2.77. The summed E-state index contributed by atoms with van der Waals surface area (Å²) in [5.41, 5.74) is 1.60. The Morgan fingerprint density at radius 2 is 2.15 bits per heavy atom. The van der Waals surface area contributed by atoms with Crippen LogP contribution >= 0.6 is 27.5 Å². The lowest BCUT2D eigenvalue weighted by Crippen LogP contribution is -2.11. The Labute approximate surface area is 91.2 Å². The van der Waals surface area contributed by atoms with Gasteiger partial charge >= 0.3 is 0 Å². The first-order valence-electron chi connectivity index (χ1n) is 3.99. The molecule has 0 saturated carbocycles. The van der Waals surface area contributed by atoms with Crippen LogP contribution in [0.25, 0.3) is 0 Å². The Kier molecular flexibility index (Phi) is 3.94. The second-order valence-corrected chi connectivity index (χ2v) is 4.41. The summed E-state index contributed by atoms with van der Waals surface area (Å²) in [6, 6.07) is 7.40. The molecule has 0 radical (unpaired) electrons. The van der Waals surface area contributed by atoms with Gasteiger partial charge in [-0.3, -0.25) is 4.79 Å². The maximum atomic E-state index is 11.6. The van der Waals surface area contributed by atoms with E-state index in [-0.39, 0.29) is 10.6 Å². The van der Waals surface area contributed by atoms with Crippen molar-refractivity contribution in [3.63, 3.8) is 0 Å². The standard InChI is InChI=1S/C10H10BrClO/c1-7(11)10(13)9-5-3-2-4-8(9)6-12/h2-5,7H,6H2,1H3. The van der Waals surface area contributed by atoms with E-state index in [2.05, 4.69) is 15.9 Å². The molecule has 0 fully saturated rings. The Morgan fingerprint density at radius 1 is 1.54 bits per heavy atom. The molecule has 0 heterocycles. The van der Waals surface area contributed by atoms with Crippen LogP contribution < -0.4 is 0 Å². The summed E-state index contributed by atoms with van der Waals surface area (Å²) >= 11 is 8.96. The number of hydrogen-bond donors (Lipinski definition) is 0. The van der Waals surface area contributed by atoms with Crippen LogP contribution in [0.15, 0.2) is 24.3 Å². The molecular weight excluding hydrogens is 251 g/mol. The lowest BCUT2D eigenvalue weighted by molar-refractivity contribution is 0.0995. The fraction of sp³-hybridized carbons (Fsp3) is 0.300. The van der Waals surface area contributed by atoms with Crippen LogP contribution in [0.5, 0.6) is 0 Å². The summed E-state index contributed by atoms with van der Waals surface area (Å²) in [7, 11) is 0. The monoisotopic (exact) mass is 260 g/mol. The number of carbonyl (C=O) groups excluding carboxylic acids is 1. The minimum Gasteiger partial charge on any atom is -0.293 e. The Hall–Kier alpha value is -0.340. The van der Waals surface area contributed by atoms with Gasteiger partial charge in [-0.15, -0.1) is 11.6 Å². The maximum Gasteiger partial charge on any atom is 0.176 e. The van der Waals surface area contributed by atoms with Crippen LogP contribution in [-0.2, 0) is 5.88 Å². The Balaban J connectivity index is 3.06. The first-order valence-corrected chi connectivity index (χ1v) is 5.44. The minimum atomic E-state index is -0.156. The zero-order valence-corrected chi connectivity index (χ0v) is 9.60. The first kappa shape index (κ1) is 10.7. The fourth-order valence-electron chi connectivity index (χ4n) is 1.09. The van der Waals surface area contributed by atoms with Gasteiger partial charge in [0.25, 0.3) is 0 Å². The van der Waals surface area contributed by atoms with Gasteiger partial charge in [0.05, 0.1) is 4.83 Å². The van der Waals surface area contributed by atoms with Crippen LogP contribution in [-0.4, -0.2) is 10.6 Å². The van der Waals surface area contributed by atoms with Gasteiger partial charge in [0.2, 0.25) is 0 Å². The van der Waals surface area contributed by atoms with Gasteiger partial charge in [-0.1, -0.05) is 40.2 Å². The van der Waals surface area contributed by atoms with Crippen LogP contribution in [0.1, 0.15) is 22.8 Å². The van der Waals surface area contributed by atoms with Crippen molar-refractivity contribution in [2.24, 2.45) is 0 Å². The maximum absolute atomic E-state index is 11.6. The molecule has 0 aliphatic rings. The lowest BCUT2D eigenvalue weighted by atomic mass is 10.0. The Morgan fingerprint density at radius 3 is 2.69 bits per heavy atom. The van der Waals surface area contributed by atoms with Crippen molar-refractivity contribution in [2.45, 2.75) is 17.6 Å². The molecule has 0 spiro atoms. The van der Waals surface area contributed by atoms with E-state index in [4.69, 9.17) is 11.6 Å². The predicted octanol–water partition coefficient (Wildman–Crippen LogP) is 3.39. The quantitative estimate of drug-likeness (QED) is 0.602. The number of Topliss-reactive ketones (excluding diaryl/α,β-unsaturated/α-hetero) is 1. The van der Waals surface area contributed by atoms with E-state index in [0.717, 1.165) is 5.56 Å². The van der Waals surface area contributed by atoms with Gasteiger partial charge in [-0.05, 0) is 12.5 Å². The van der Waals surface area contributed by atoms with Crippen molar-refractivity contribution in [1.29, 1.82) is 0 Å². The lowest BCUT2D eigenvalue weighted by Gasteiger charge is -2.06. The van der Waals surface area contributed by atoms with Crippen LogP contribution in [0.4, 0.5) is 0 Å². The third-order valence-corrected chi connectivity index (χ3v) is 2.49. The molecule has 1 atom stereocenters. The number of benzene rings is 1. The third kappa shape index (κ3) is 2.55. The SMILES string of the molecule is CC(Br)C(=O)c1ccccc1CCl. The zero-order chi connectivity index (χ0) is 9.84. The van der Waals surface area contributed by atoms with Crippen molar-refractivity contribution in [2.75, 3.05) is 0 Å². The normalized spacial score (nSPS) is 12.5. The van der Waals surface area contributed by atoms with Crippen LogP contribution in [0.3, 0.4) is 0 Å². The highest BCUT2D eigenvalue weighted by Crippen LogP contribution is 2.16. The molecule has 3 heteroatoms. The molecule has 1 rings (SSSR count). The van der Waals surface area contributed by atoms with E-state index in [1.54, 1.807) is 6.07 Å². The third-order valence-electron chi connectivity index (χ3n) is 1.79. The summed E-state index contributed by atoms with van der Waals surface area (Å²) in [5.74, 6) is 0.456. The fourth-order valence-corrected chi connectivity index (χ4v) is 1.57. The molecule has 0 aromatic heterocycles. The molecule has 0 aliphatic carbocycles. The van der Waals surface area contributed by atoms with E-state index in [0.29, 0.717) is 11.4 Å². The minimum absolute atomic E-state index is 0.0799. The smallest absolute Gasteiger partial charge is 0.176 e. The molecule has 13 heavy (non-hydrogen) atoms. The molecule has 1 nitrogen and oxygen atoms in total. The summed E-state index contributed by atoms with van der Waals surface area (Å²) < 4.78 is 0. The van der Waals surface area contributed by atoms with Gasteiger partial charge in [-0.2, -0.15) is 0 Å². The molecular formula is C10H10BrClO. The van der Waals surface area contributed by atoms with Gasteiger partial charge in [0, 0.05) is 11.4 Å². The van der Waals surface area contributed by atoms with Crippen molar-refractivity contribution in [3.05, 3.63) is 35.4 Å². The topological polar surface area (TPSA) is 17.1 Å². The van der Waals surface area contributed by atoms with Crippen molar-refractivity contribution in [3.8, 4) is 0 Å². The van der Waals surface area contributed by atoms with Crippen molar-refractivity contribution in [1.82, 2.24) is 0 Å². The van der Waals surface area contributed by atoms with E-state index in [9.17, 15) is 4.79 Å². The zero-order valence-electron chi connectivity index (χ0n) is 7.26. The summed E-state index contributed by atoms with van der Waals surface area (Å²) in [6.45, 7) is 1.81. The molecule has 1 aromatic carbocycles. The summed E-state index contributed by atoms with van der Waals surface area (Å²) in [5, 5.41) is 0. The largest absolute Gasteiger partial charge is 0.293 e. The van der Waals surface area contributed by atoms with Gasteiger partial charge in [0.1, 0.15) is 0 Å². The molecule has 0 N–H and O–H groups in total. The van der Waals surface area contributed by atoms with E-state index in [1.165, 1.54) is 0 Å². The number of carbonyl (C=O) groups is 1. The first-order chi connectivity index (χ1) is 6.16. The van der Waals surface area contributed by atoms with Crippen LogP contribution in [0.2, 0.25) is 0 Å². The number of halogens is 2. The highest BCUT2D eigenvalue weighted by Gasteiger charge is 2.14. The summed E-state index contributed by atoms with van der Waals surface area (Å²) in [6.07, 6.45) is 0. The van der Waals surface area contributed by atoms with E-state index >= 15 is 0 Å². The van der Waals surface area contributed by atoms with Gasteiger partial charge in [0.15, 0.2) is 5.78 Å².